The van der Waals surface area contributed by atoms with E-state index in [0.29, 0.717) is 11.2 Å². The molecule has 0 aliphatic heterocycles. The SMILES string of the molecule is Fc1ccc(NCc2cc(Br)c(Br)o2)c(I)c1. The van der Waals surface area contributed by atoms with Crippen LogP contribution in [0.2, 0.25) is 0 Å². The van der Waals surface area contributed by atoms with E-state index in [2.05, 4.69) is 59.8 Å². The number of furan rings is 1. The zero-order chi connectivity index (χ0) is 12.4. The first kappa shape index (κ1) is 13.4. The Morgan fingerprint density at radius 3 is 2.65 bits per heavy atom. The number of rotatable bonds is 3. The summed E-state index contributed by atoms with van der Waals surface area (Å²) in [4.78, 5) is 0. The van der Waals surface area contributed by atoms with Gasteiger partial charge in [-0.05, 0) is 78.7 Å². The van der Waals surface area contributed by atoms with Crippen LogP contribution in [0.15, 0.2) is 37.8 Å². The monoisotopic (exact) mass is 473 g/mol. The zero-order valence-electron chi connectivity index (χ0n) is 8.44. The molecule has 0 saturated carbocycles. The normalized spacial score (nSPS) is 10.6. The number of hydrogen-bond acceptors (Lipinski definition) is 2. The molecule has 1 heterocycles. The molecule has 0 saturated heterocycles. The number of nitrogens with one attached hydrogen (secondary N) is 1. The molecule has 0 aliphatic carbocycles. The molecule has 0 spiro atoms. The zero-order valence-corrected chi connectivity index (χ0v) is 13.8. The first-order valence-electron chi connectivity index (χ1n) is 4.69. The molecule has 1 aromatic heterocycles. The summed E-state index contributed by atoms with van der Waals surface area (Å²) >= 11 is 8.71. The summed E-state index contributed by atoms with van der Waals surface area (Å²) in [5.74, 6) is 0.562. The first-order valence-corrected chi connectivity index (χ1v) is 7.35. The quantitative estimate of drug-likeness (QED) is 0.622. The van der Waals surface area contributed by atoms with Crippen molar-refractivity contribution in [2.24, 2.45) is 0 Å². The van der Waals surface area contributed by atoms with Crippen molar-refractivity contribution in [3.05, 3.63) is 48.6 Å². The van der Waals surface area contributed by atoms with Gasteiger partial charge in [-0.15, -0.1) is 0 Å². The van der Waals surface area contributed by atoms with Gasteiger partial charge in [0.25, 0.3) is 0 Å². The summed E-state index contributed by atoms with van der Waals surface area (Å²) in [6.07, 6.45) is 0. The second-order valence-electron chi connectivity index (χ2n) is 3.31. The van der Waals surface area contributed by atoms with Gasteiger partial charge < -0.3 is 9.73 Å². The van der Waals surface area contributed by atoms with E-state index in [-0.39, 0.29) is 5.82 Å². The van der Waals surface area contributed by atoms with Crippen molar-refractivity contribution in [1.29, 1.82) is 0 Å². The predicted molar refractivity (Wildman–Crippen MR) is 80.6 cm³/mol. The highest BCUT2D eigenvalue weighted by Gasteiger charge is 2.07. The Kier molecular flexibility index (Phi) is 4.48. The third-order valence-corrected chi connectivity index (χ3v) is 4.68. The van der Waals surface area contributed by atoms with E-state index in [1.807, 2.05) is 6.07 Å². The molecule has 0 amide bonds. The predicted octanol–water partition coefficient (Wildman–Crippen LogP) is 5.16. The fourth-order valence-corrected chi connectivity index (χ4v) is 2.62. The molecule has 17 heavy (non-hydrogen) atoms. The van der Waals surface area contributed by atoms with Crippen LogP contribution in [0.4, 0.5) is 10.1 Å². The molecule has 0 radical (unpaired) electrons. The molecule has 2 rings (SSSR count). The van der Waals surface area contributed by atoms with Gasteiger partial charge in [-0.1, -0.05) is 0 Å². The van der Waals surface area contributed by atoms with Crippen LogP contribution < -0.4 is 5.32 Å². The second kappa shape index (κ2) is 5.71. The van der Waals surface area contributed by atoms with Crippen LogP contribution in [-0.4, -0.2) is 0 Å². The van der Waals surface area contributed by atoms with Crippen LogP contribution in [0.1, 0.15) is 5.76 Å². The minimum absolute atomic E-state index is 0.233. The van der Waals surface area contributed by atoms with Crippen molar-refractivity contribution in [2.75, 3.05) is 5.32 Å². The van der Waals surface area contributed by atoms with Crippen molar-refractivity contribution in [2.45, 2.75) is 6.54 Å². The number of hydrogen-bond donors (Lipinski definition) is 1. The van der Waals surface area contributed by atoms with Crippen molar-refractivity contribution in [3.63, 3.8) is 0 Å². The largest absolute Gasteiger partial charge is 0.451 e. The van der Waals surface area contributed by atoms with Gasteiger partial charge in [0.1, 0.15) is 11.6 Å². The average Bonchev–Trinajstić information content (AvgIpc) is 2.57. The first-order chi connectivity index (χ1) is 8.06. The van der Waals surface area contributed by atoms with E-state index in [4.69, 9.17) is 4.42 Å². The Morgan fingerprint density at radius 2 is 2.06 bits per heavy atom. The fraction of sp³-hybridized carbons (Fsp3) is 0.0909. The molecule has 0 aliphatic rings. The van der Waals surface area contributed by atoms with Crippen LogP contribution in [0.5, 0.6) is 0 Å². The van der Waals surface area contributed by atoms with Crippen LogP contribution in [-0.2, 0) is 6.54 Å². The lowest BCUT2D eigenvalue weighted by atomic mass is 10.3. The van der Waals surface area contributed by atoms with E-state index in [9.17, 15) is 4.39 Å². The molecular formula is C11H7Br2FINO. The molecular weight excluding hydrogens is 468 g/mol. The molecule has 1 aromatic carbocycles. The topological polar surface area (TPSA) is 25.2 Å². The van der Waals surface area contributed by atoms with Crippen LogP contribution in [0, 0.1) is 9.39 Å². The summed E-state index contributed by atoms with van der Waals surface area (Å²) in [6, 6.07) is 6.51. The van der Waals surface area contributed by atoms with Gasteiger partial charge in [-0.25, -0.2) is 4.39 Å². The standard InChI is InChI=1S/C11H7Br2FINO/c12-8-4-7(17-11(8)13)5-16-10-2-1-6(14)3-9(10)15/h1-4,16H,5H2. The van der Waals surface area contributed by atoms with E-state index in [1.54, 1.807) is 6.07 Å². The van der Waals surface area contributed by atoms with Gasteiger partial charge in [-0.3, -0.25) is 0 Å². The summed E-state index contributed by atoms with van der Waals surface area (Å²) in [6.45, 7) is 0.547. The number of halogens is 4. The van der Waals surface area contributed by atoms with E-state index in [1.165, 1.54) is 12.1 Å². The molecule has 2 aromatic rings. The lowest BCUT2D eigenvalue weighted by Gasteiger charge is -2.06. The Labute approximate surface area is 128 Å². The third kappa shape index (κ3) is 3.45. The summed E-state index contributed by atoms with van der Waals surface area (Å²) in [5.41, 5.74) is 0.885. The maximum Gasteiger partial charge on any atom is 0.183 e. The van der Waals surface area contributed by atoms with E-state index in [0.717, 1.165) is 19.5 Å². The van der Waals surface area contributed by atoms with E-state index < -0.39 is 0 Å². The van der Waals surface area contributed by atoms with Crippen molar-refractivity contribution in [3.8, 4) is 0 Å². The maximum absolute atomic E-state index is 12.9. The highest BCUT2D eigenvalue weighted by Crippen LogP contribution is 2.27. The maximum atomic E-state index is 12.9. The number of anilines is 1. The molecule has 6 heteroatoms. The van der Waals surface area contributed by atoms with E-state index >= 15 is 0 Å². The van der Waals surface area contributed by atoms with Gasteiger partial charge in [0.2, 0.25) is 0 Å². The summed E-state index contributed by atoms with van der Waals surface area (Å²) in [5, 5.41) is 3.19. The highest BCUT2D eigenvalue weighted by atomic mass is 127. The number of benzene rings is 1. The Balaban J connectivity index is 2.07. The molecule has 0 unspecified atom stereocenters. The smallest absolute Gasteiger partial charge is 0.183 e. The summed E-state index contributed by atoms with van der Waals surface area (Å²) < 4.78 is 20.7. The molecule has 0 bridgehead atoms. The van der Waals surface area contributed by atoms with Gasteiger partial charge >= 0.3 is 0 Å². The van der Waals surface area contributed by atoms with Crippen LogP contribution >= 0.6 is 54.5 Å². The third-order valence-electron chi connectivity index (χ3n) is 2.08. The fourth-order valence-electron chi connectivity index (χ4n) is 1.29. The van der Waals surface area contributed by atoms with Crippen molar-refractivity contribution < 1.29 is 8.81 Å². The highest BCUT2D eigenvalue weighted by molar-refractivity contribution is 14.1. The Bertz CT molecular complexity index is 525. The van der Waals surface area contributed by atoms with Gasteiger partial charge in [0, 0.05) is 9.26 Å². The minimum Gasteiger partial charge on any atom is -0.451 e. The minimum atomic E-state index is -0.233. The lowest BCUT2D eigenvalue weighted by Crippen LogP contribution is -2.00. The molecule has 90 valence electrons. The van der Waals surface area contributed by atoms with Crippen LogP contribution in [0.3, 0.4) is 0 Å². The lowest BCUT2D eigenvalue weighted by molar-refractivity contribution is 0.494. The van der Waals surface area contributed by atoms with Crippen LogP contribution in [0.25, 0.3) is 0 Å². The van der Waals surface area contributed by atoms with Gasteiger partial charge in [0.05, 0.1) is 11.0 Å². The van der Waals surface area contributed by atoms with Gasteiger partial charge in [-0.2, -0.15) is 0 Å². The Hall–Kier alpha value is -0.0800. The second-order valence-corrected chi connectivity index (χ2v) is 6.05. The molecule has 0 atom stereocenters. The molecule has 0 fully saturated rings. The molecule has 2 nitrogen and oxygen atoms in total. The Morgan fingerprint density at radius 1 is 1.29 bits per heavy atom. The summed E-state index contributed by atoms with van der Waals surface area (Å²) in [7, 11) is 0. The van der Waals surface area contributed by atoms with Crippen molar-refractivity contribution >= 4 is 60.1 Å². The molecule has 1 N–H and O–H groups in total. The van der Waals surface area contributed by atoms with Crippen molar-refractivity contribution in [1.82, 2.24) is 0 Å². The van der Waals surface area contributed by atoms with Gasteiger partial charge in [0.15, 0.2) is 4.67 Å². The average molecular weight is 475 g/mol.